The first-order chi connectivity index (χ1) is 13.2. The zero-order chi connectivity index (χ0) is 18.6. The van der Waals surface area contributed by atoms with E-state index in [0.717, 1.165) is 50.5 Å². The van der Waals surface area contributed by atoms with Crippen LogP contribution in [0.4, 0.5) is 0 Å². The largest absolute Gasteiger partial charge is 0.455 e. The molecular weight excluding hydrogens is 338 g/mol. The van der Waals surface area contributed by atoms with Crippen molar-refractivity contribution in [3.05, 3.63) is 58.5 Å². The van der Waals surface area contributed by atoms with Crippen molar-refractivity contribution in [1.29, 1.82) is 0 Å². The molecule has 1 N–H and O–H groups in total. The second kappa shape index (κ2) is 8.28. The minimum atomic E-state index is -0.141. The molecule has 1 saturated heterocycles. The molecule has 2 aromatic rings. The highest BCUT2D eigenvalue weighted by Crippen LogP contribution is 2.22. The van der Waals surface area contributed by atoms with Crippen molar-refractivity contribution in [1.82, 2.24) is 15.1 Å². The van der Waals surface area contributed by atoms with Crippen LogP contribution in [-0.2, 0) is 25.9 Å². The van der Waals surface area contributed by atoms with E-state index in [2.05, 4.69) is 40.4 Å². The molecule has 0 saturated carbocycles. The SMILES string of the molecule is CN1CCN(Cc2ccc(C(=O)NCc3ccc4c(c3)CCCC4)o2)CC1. The number of carbonyl (C=O) groups is 1. The first-order valence-electron chi connectivity index (χ1n) is 10.1. The summed E-state index contributed by atoms with van der Waals surface area (Å²) in [7, 11) is 2.15. The molecule has 2 heterocycles. The standard InChI is InChI=1S/C22H29N3O2/c1-24-10-12-25(13-11-24)16-20-8-9-21(27-20)22(26)23-15-17-6-7-18-4-2-3-5-19(18)14-17/h6-9,14H,2-5,10-13,15-16H2,1H3,(H,23,26). The van der Waals surface area contributed by atoms with Gasteiger partial charge in [-0.1, -0.05) is 18.2 Å². The molecule has 1 fully saturated rings. The minimum absolute atomic E-state index is 0.141. The maximum Gasteiger partial charge on any atom is 0.287 e. The van der Waals surface area contributed by atoms with Crippen molar-refractivity contribution >= 4 is 5.91 Å². The second-order valence-corrected chi connectivity index (χ2v) is 7.84. The van der Waals surface area contributed by atoms with Crippen LogP contribution in [0.25, 0.3) is 0 Å². The molecule has 0 unspecified atom stereocenters. The van der Waals surface area contributed by atoms with Gasteiger partial charge < -0.3 is 14.6 Å². The summed E-state index contributed by atoms with van der Waals surface area (Å²) in [5.74, 6) is 1.12. The van der Waals surface area contributed by atoms with Gasteiger partial charge in [0.25, 0.3) is 5.91 Å². The van der Waals surface area contributed by atoms with E-state index in [0.29, 0.717) is 12.3 Å². The van der Waals surface area contributed by atoms with Crippen LogP contribution in [0.15, 0.2) is 34.7 Å². The summed E-state index contributed by atoms with van der Waals surface area (Å²) in [6.45, 7) is 5.55. The molecule has 1 aromatic carbocycles. The number of aryl methyl sites for hydroxylation is 2. The lowest BCUT2D eigenvalue weighted by Crippen LogP contribution is -2.43. The average molecular weight is 367 g/mol. The predicted molar refractivity (Wildman–Crippen MR) is 106 cm³/mol. The van der Waals surface area contributed by atoms with Crippen molar-refractivity contribution < 1.29 is 9.21 Å². The minimum Gasteiger partial charge on any atom is -0.455 e. The highest BCUT2D eigenvalue weighted by atomic mass is 16.4. The molecule has 2 aliphatic rings. The fourth-order valence-electron chi connectivity index (χ4n) is 3.98. The number of likely N-dealkylation sites (N-methyl/N-ethyl adjacent to an activating group) is 1. The number of nitrogens with one attached hydrogen (secondary N) is 1. The molecule has 0 bridgehead atoms. The Kier molecular flexibility index (Phi) is 5.60. The van der Waals surface area contributed by atoms with E-state index in [9.17, 15) is 4.79 Å². The maximum absolute atomic E-state index is 12.4. The first-order valence-corrected chi connectivity index (χ1v) is 10.1. The fraction of sp³-hybridized carbons (Fsp3) is 0.500. The Morgan fingerprint density at radius 3 is 2.63 bits per heavy atom. The van der Waals surface area contributed by atoms with E-state index < -0.39 is 0 Å². The van der Waals surface area contributed by atoms with E-state index in [-0.39, 0.29) is 5.91 Å². The lowest BCUT2D eigenvalue weighted by atomic mass is 9.90. The normalized spacial score (nSPS) is 18.3. The highest BCUT2D eigenvalue weighted by Gasteiger charge is 2.17. The Morgan fingerprint density at radius 2 is 1.81 bits per heavy atom. The van der Waals surface area contributed by atoms with E-state index >= 15 is 0 Å². The van der Waals surface area contributed by atoms with Crippen LogP contribution in [0.3, 0.4) is 0 Å². The summed E-state index contributed by atoms with van der Waals surface area (Å²) in [4.78, 5) is 17.1. The number of carbonyl (C=O) groups excluding carboxylic acids is 1. The summed E-state index contributed by atoms with van der Waals surface area (Å²) in [5.41, 5.74) is 4.07. The van der Waals surface area contributed by atoms with Crippen molar-refractivity contribution in [3.8, 4) is 0 Å². The molecule has 1 aliphatic heterocycles. The molecule has 5 nitrogen and oxygen atoms in total. The van der Waals surface area contributed by atoms with Crippen LogP contribution in [0.1, 0.15) is 45.8 Å². The van der Waals surface area contributed by atoms with Gasteiger partial charge in [0.2, 0.25) is 0 Å². The van der Waals surface area contributed by atoms with E-state index in [1.54, 1.807) is 6.07 Å². The average Bonchev–Trinajstić information content (AvgIpc) is 3.16. The highest BCUT2D eigenvalue weighted by molar-refractivity contribution is 5.91. The first kappa shape index (κ1) is 18.3. The van der Waals surface area contributed by atoms with Crippen molar-refractivity contribution in [2.75, 3.05) is 33.2 Å². The monoisotopic (exact) mass is 367 g/mol. The van der Waals surface area contributed by atoms with Crippen LogP contribution in [0.2, 0.25) is 0 Å². The van der Waals surface area contributed by atoms with E-state index in [1.807, 2.05) is 6.07 Å². The summed E-state index contributed by atoms with van der Waals surface area (Å²) >= 11 is 0. The van der Waals surface area contributed by atoms with E-state index in [4.69, 9.17) is 4.42 Å². The van der Waals surface area contributed by atoms with Crippen LogP contribution >= 0.6 is 0 Å². The molecule has 0 atom stereocenters. The van der Waals surface area contributed by atoms with Gasteiger partial charge in [-0.3, -0.25) is 9.69 Å². The van der Waals surface area contributed by atoms with Crippen LogP contribution in [0.5, 0.6) is 0 Å². The Balaban J connectivity index is 1.30. The summed E-state index contributed by atoms with van der Waals surface area (Å²) < 4.78 is 5.79. The smallest absolute Gasteiger partial charge is 0.287 e. The molecule has 4 rings (SSSR count). The van der Waals surface area contributed by atoms with Gasteiger partial charge in [0.1, 0.15) is 5.76 Å². The Hall–Kier alpha value is -2.11. The number of rotatable bonds is 5. The van der Waals surface area contributed by atoms with Crippen molar-refractivity contribution in [3.63, 3.8) is 0 Å². The summed E-state index contributed by atoms with van der Waals surface area (Å²) in [6, 6.07) is 10.3. The third-order valence-electron chi connectivity index (χ3n) is 5.73. The van der Waals surface area contributed by atoms with E-state index in [1.165, 1.54) is 30.4 Å². The van der Waals surface area contributed by atoms with Crippen molar-refractivity contribution in [2.45, 2.75) is 38.8 Å². The van der Waals surface area contributed by atoms with Crippen LogP contribution < -0.4 is 5.32 Å². The number of nitrogens with zero attached hydrogens (tertiary/aromatic N) is 2. The lowest BCUT2D eigenvalue weighted by Gasteiger charge is -2.31. The van der Waals surface area contributed by atoms with Crippen LogP contribution in [0, 0.1) is 0 Å². The lowest BCUT2D eigenvalue weighted by molar-refractivity contribution is 0.0916. The molecule has 0 radical (unpaired) electrons. The van der Waals surface area contributed by atoms with Gasteiger partial charge in [0.05, 0.1) is 6.54 Å². The third-order valence-corrected chi connectivity index (χ3v) is 5.73. The number of fused-ring (bicyclic) bond motifs is 1. The molecule has 0 spiro atoms. The predicted octanol–water partition coefficient (Wildman–Crippen LogP) is 2.84. The third kappa shape index (κ3) is 4.60. The molecule has 1 aromatic heterocycles. The number of furan rings is 1. The topological polar surface area (TPSA) is 48.7 Å². The molecular formula is C22H29N3O2. The zero-order valence-corrected chi connectivity index (χ0v) is 16.2. The molecule has 5 heteroatoms. The number of benzene rings is 1. The Labute approximate surface area is 161 Å². The zero-order valence-electron chi connectivity index (χ0n) is 16.2. The van der Waals surface area contributed by atoms with Crippen molar-refractivity contribution in [2.24, 2.45) is 0 Å². The second-order valence-electron chi connectivity index (χ2n) is 7.84. The number of hydrogen-bond donors (Lipinski definition) is 1. The molecule has 27 heavy (non-hydrogen) atoms. The van der Waals surface area contributed by atoms with Gasteiger partial charge in [-0.15, -0.1) is 0 Å². The van der Waals surface area contributed by atoms with Gasteiger partial charge >= 0.3 is 0 Å². The summed E-state index contributed by atoms with van der Waals surface area (Å²) in [6.07, 6.45) is 4.90. The van der Waals surface area contributed by atoms with Gasteiger partial charge in [-0.2, -0.15) is 0 Å². The molecule has 144 valence electrons. The van der Waals surface area contributed by atoms with Gasteiger partial charge in [0.15, 0.2) is 5.76 Å². The summed E-state index contributed by atoms with van der Waals surface area (Å²) in [5, 5.41) is 2.99. The van der Waals surface area contributed by atoms with Crippen LogP contribution in [-0.4, -0.2) is 48.9 Å². The maximum atomic E-state index is 12.4. The van der Waals surface area contributed by atoms with Gasteiger partial charge in [0, 0.05) is 32.7 Å². The molecule has 1 aliphatic carbocycles. The number of amides is 1. The fourth-order valence-corrected chi connectivity index (χ4v) is 3.98. The molecule has 1 amide bonds. The Bertz CT molecular complexity index is 791. The number of piperazine rings is 1. The van der Waals surface area contributed by atoms with Gasteiger partial charge in [-0.25, -0.2) is 0 Å². The number of hydrogen-bond acceptors (Lipinski definition) is 4. The Morgan fingerprint density at radius 1 is 1.04 bits per heavy atom. The quantitative estimate of drug-likeness (QED) is 0.883. The van der Waals surface area contributed by atoms with Gasteiger partial charge in [-0.05, 0) is 61.6 Å².